The molecule has 0 amide bonds. The second-order valence-electron chi connectivity index (χ2n) is 8.34. The topological polar surface area (TPSA) is 140 Å². The van der Waals surface area contributed by atoms with Gasteiger partial charge in [-0.25, -0.2) is 40.2 Å². The van der Waals surface area contributed by atoms with Crippen molar-refractivity contribution in [1.29, 1.82) is 0 Å². The number of nitrogens with one attached hydrogen (secondary N) is 1. The maximum atomic E-state index is 14.5. The van der Waals surface area contributed by atoms with Crippen molar-refractivity contribution in [2.45, 2.75) is 41.9 Å². The number of aromatic nitrogens is 5. The molecule has 1 saturated carbocycles. The lowest BCUT2D eigenvalue weighted by Crippen LogP contribution is -2.40. The molecule has 11 nitrogen and oxygen atoms in total. The summed E-state index contributed by atoms with van der Waals surface area (Å²) in [6, 6.07) is 3.49. The Morgan fingerprint density at radius 1 is 1.06 bits per heavy atom. The van der Waals surface area contributed by atoms with Crippen LogP contribution in [0, 0.1) is 5.82 Å². The maximum Gasteiger partial charge on any atom is 0.216 e. The Morgan fingerprint density at radius 3 is 2.42 bits per heavy atom. The van der Waals surface area contributed by atoms with Gasteiger partial charge >= 0.3 is 0 Å². The van der Waals surface area contributed by atoms with E-state index in [1.54, 1.807) is 8.99 Å². The number of hydrogen-bond acceptors (Lipinski definition) is 9. The van der Waals surface area contributed by atoms with Crippen molar-refractivity contribution >= 4 is 42.5 Å². The number of rotatable bonds is 6. The summed E-state index contributed by atoms with van der Waals surface area (Å²) >= 11 is 0. The Kier molecular flexibility index (Phi) is 5.33. The zero-order chi connectivity index (χ0) is 23.4. The third-order valence-corrected chi connectivity index (χ3v) is 9.47. The number of sulfonamides is 1. The van der Waals surface area contributed by atoms with Crippen molar-refractivity contribution in [2.75, 3.05) is 24.7 Å². The lowest BCUT2D eigenvalue weighted by atomic mass is 10.1. The number of halogens is 1. The summed E-state index contributed by atoms with van der Waals surface area (Å²) in [6.45, 7) is 0.831. The van der Waals surface area contributed by atoms with E-state index in [4.69, 9.17) is 0 Å². The maximum absolute atomic E-state index is 14.5. The largest absolute Gasteiger partial charge is 0.336 e. The van der Waals surface area contributed by atoms with E-state index in [-0.39, 0.29) is 27.7 Å². The van der Waals surface area contributed by atoms with Crippen molar-refractivity contribution in [3.05, 3.63) is 30.3 Å². The van der Waals surface area contributed by atoms with Crippen LogP contribution in [-0.2, 0) is 19.9 Å². The number of hydrogen-bond donors (Lipinski definition) is 1. The van der Waals surface area contributed by atoms with Crippen molar-refractivity contribution < 1.29 is 21.2 Å². The number of piperidine rings is 1. The van der Waals surface area contributed by atoms with E-state index in [2.05, 4.69) is 25.6 Å². The minimum atomic E-state index is -3.53. The van der Waals surface area contributed by atoms with E-state index in [1.165, 1.54) is 18.5 Å². The molecule has 0 radical (unpaired) electrons. The highest BCUT2D eigenvalue weighted by molar-refractivity contribution is 7.90. The summed E-state index contributed by atoms with van der Waals surface area (Å²) in [7, 11) is -6.74. The molecule has 2 fully saturated rings. The molecule has 1 aromatic carbocycles. The molecular weight excluding hydrogens is 473 g/mol. The quantitative estimate of drug-likeness (QED) is 0.540. The molecule has 3 aromatic rings. The molecule has 0 atom stereocenters. The Balaban J connectivity index is 1.37. The number of benzene rings is 1. The molecule has 176 valence electrons. The highest BCUT2D eigenvalue weighted by atomic mass is 32.2. The monoisotopic (exact) mass is 495 g/mol. The Morgan fingerprint density at radius 2 is 1.79 bits per heavy atom. The van der Waals surface area contributed by atoms with Gasteiger partial charge in [-0.15, -0.1) is 5.10 Å². The second-order valence-corrected chi connectivity index (χ2v) is 12.6. The molecule has 1 N–H and O–H groups in total. The number of anilines is 2. The van der Waals surface area contributed by atoms with Gasteiger partial charge in [-0.2, -0.15) is 0 Å². The van der Waals surface area contributed by atoms with Crippen LogP contribution in [0.15, 0.2) is 29.4 Å². The number of sulfone groups is 1. The Labute approximate surface area is 190 Å². The minimum absolute atomic E-state index is 0.0375. The predicted octanol–water partition coefficient (Wildman–Crippen LogP) is 1.64. The van der Waals surface area contributed by atoms with Gasteiger partial charge in [-0.1, -0.05) is 5.21 Å². The van der Waals surface area contributed by atoms with Crippen molar-refractivity contribution in [2.24, 2.45) is 0 Å². The molecule has 1 saturated heterocycles. The van der Waals surface area contributed by atoms with Crippen LogP contribution in [0.2, 0.25) is 0 Å². The zero-order valence-electron chi connectivity index (χ0n) is 17.7. The third-order valence-electron chi connectivity index (χ3n) is 5.96. The van der Waals surface area contributed by atoms with Crippen LogP contribution in [0.25, 0.3) is 11.2 Å². The van der Waals surface area contributed by atoms with Gasteiger partial charge in [0.25, 0.3) is 0 Å². The standard InChI is InChI=1S/C19H22FN7O4S2/c1-32(28,29)14-4-5-16(15(20)10-14)23-18-17-19(22-11-21-18)27(25-24-17)12-6-8-26(9-7-12)33(30,31)13-2-3-13/h4-5,10-13H,2-3,6-9H2,1H3,(H,21,22,23). The molecule has 0 unspecified atom stereocenters. The first-order valence-corrected chi connectivity index (χ1v) is 13.9. The fourth-order valence-corrected chi connectivity index (χ4v) is 6.48. The summed E-state index contributed by atoms with van der Waals surface area (Å²) in [5, 5.41) is 11.0. The first kappa shape index (κ1) is 22.1. The van der Waals surface area contributed by atoms with Crippen molar-refractivity contribution in [3.63, 3.8) is 0 Å². The van der Waals surface area contributed by atoms with Gasteiger partial charge < -0.3 is 5.32 Å². The predicted molar refractivity (Wildman–Crippen MR) is 118 cm³/mol. The first-order chi connectivity index (χ1) is 15.6. The summed E-state index contributed by atoms with van der Waals surface area (Å²) in [6.07, 6.45) is 4.95. The van der Waals surface area contributed by atoms with Gasteiger partial charge in [0.1, 0.15) is 12.1 Å². The highest BCUT2D eigenvalue weighted by Crippen LogP contribution is 2.34. The van der Waals surface area contributed by atoms with Crippen LogP contribution in [0.1, 0.15) is 31.7 Å². The molecule has 0 spiro atoms. The molecule has 2 aliphatic rings. The molecule has 1 aliphatic carbocycles. The minimum Gasteiger partial charge on any atom is -0.336 e. The van der Waals surface area contributed by atoms with Crippen LogP contribution < -0.4 is 5.32 Å². The van der Waals surface area contributed by atoms with Crippen LogP contribution in [-0.4, -0.2) is 70.7 Å². The smallest absolute Gasteiger partial charge is 0.216 e. The highest BCUT2D eigenvalue weighted by Gasteiger charge is 2.41. The summed E-state index contributed by atoms with van der Waals surface area (Å²) < 4.78 is 65.9. The molecule has 2 aromatic heterocycles. The van der Waals surface area contributed by atoms with Gasteiger partial charge in [0.2, 0.25) is 10.0 Å². The van der Waals surface area contributed by atoms with E-state index in [0.717, 1.165) is 25.2 Å². The second kappa shape index (κ2) is 7.95. The van der Waals surface area contributed by atoms with Crippen LogP contribution in [0.5, 0.6) is 0 Å². The zero-order valence-corrected chi connectivity index (χ0v) is 19.4. The van der Waals surface area contributed by atoms with Crippen LogP contribution >= 0.6 is 0 Å². The molecule has 3 heterocycles. The average molecular weight is 496 g/mol. The third kappa shape index (κ3) is 4.17. The lowest BCUT2D eigenvalue weighted by Gasteiger charge is -2.31. The first-order valence-electron chi connectivity index (χ1n) is 10.5. The summed E-state index contributed by atoms with van der Waals surface area (Å²) in [4.78, 5) is 8.28. The fraction of sp³-hybridized carbons (Fsp3) is 0.474. The van der Waals surface area contributed by atoms with Crippen molar-refractivity contribution in [3.8, 4) is 0 Å². The Bertz CT molecular complexity index is 1430. The molecule has 0 bridgehead atoms. The molecule has 1 aliphatic heterocycles. The average Bonchev–Trinajstić information content (AvgIpc) is 3.55. The number of fused-ring (bicyclic) bond motifs is 1. The molecule has 33 heavy (non-hydrogen) atoms. The Hall–Kier alpha value is -2.71. The van der Waals surface area contributed by atoms with Gasteiger partial charge in [0, 0.05) is 19.3 Å². The summed E-state index contributed by atoms with van der Waals surface area (Å²) in [5.74, 6) is -0.521. The molecule has 14 heteroatoms. The normalized spacial score (nSPS) is 18.6. The van der Waals surface area contributed by atoms with Gasteiger partial charge in [0.15, 0.2) is 26.8 Å². The molecular formula is C19H22FN7O4S2. The summed E-state index contributed by atoms with van der Waals surface area (Å²) in [5.41, 5.74) is 0.817. The number of nitrogens with zero attached hydrogens (tertiary/aromatic N) is 6. The van der Waals surface area contributed by atoms with Gasteiger partial charge in [0.05, 0.1) is 21.9 Å². The van der Waals surface area contributed by atoms with E-state index < -0.39 is 25.7 Å². The van der Waals surface area contributed by atoms with E-state index in [0.29, 0.717) is 37.1 Å². The fourth-order valence-electron chi connectivity index (χ4n) is 3.98. The SMILES string of the molecule is CS(=O)(=O)c1ccc(Nc2ncnc3c2nnn3C2CCN(S(=O)(=O)C3CC3)CC2)c(F)c1. The van der Waals surface area contributed by atoms with E-state index in [9.17, 15) is 21.2 Å². The van der Waals surface area contributed by atoms with Crippen molar-refractivity contribution in [1.82, 2.24) is 29.3 Å². The van der Waals surface area contributed by atoms with E-state index >= 15 is 0 Å². The lowest BCUT2D eigenvalue weighted by molar-refractivity contribution is 0.262. The van der Waals surface area contributed by atoms with Gasteiger partial charge in [-0.3, -0.25) is 0 Å². The molecule has 5 rings (SSSR count). The van der Waals surface area contributed by atoms with Crippen LogP contribution in [0.4, 0.5) is 15.9 Å². The van der Waals surface area contributed by atoms with Gasteiger partial charge in [-0.05, 0) is 43.9 Å². The van der Waals surface area contributed by atoms with Crippen LogP contribution in [0.3, 0.4) is 0 Å². The van der Waals surface area contributed by atoms with E-state index in [1.807, 2.05) is 0 Å².